The molecule has 0 rings (SSSR count). The largest absolute Gasteiger partial charge is 0.359 e. The second-order valence-electron chi connectivity index (χ2n) is 4.11. The number of allylic oxidation sites excluding steroid dienone is 1. The zero-order chi connectivity index (χ0) is 11.5. The molecular weight excluding hydrogens is 188 g/mol. The molecule has 2 nitrogen and oxygen atoms in total. The zero-order valence-corrected chi connectivity index (χ0v) is 10.5. The predicted molar refractivity (Wildman–Crippen MR) is 64.9 cm³/mol. The van der Waals surface area contributed by atoms with E-state index < -0.39 is 0 Å². The first-order valence-electron chi connectivity index (χ1n) is 5.97. The molecule has 0 unspecified atom stereocenters. The number of hydrogen-bond acceptors (Lipinski definition) is 2. The molecule has 0 spiro atoms. The Bertz CT molecular complexity index is 145. The summed E-state index contributed by atoms with van der Waals surface area (Å²) in [6.07, 6.45) is 8.21. The summed E-state index contributed by atoms with van der Waals surface area (Å²) >= 11 is 0. The molecule has 0 N–H and O–H groups in total. The van der Waals surface area contributed by atoms with Gasteiger partial charge in [-0.15, -0.1) is 6.58 Å². The fourth-order valence-corrected chi connectivity index (χ4v) is 1.70. The zero-order valence-electron chi connectivity index (χ0n) is 10.5. The van der Waals surface area contributed by atoms with Gasteiger partial charge in [0.15, 0.2) is 0 Å². The SMILES string of the molecule is C=CC[C@H](C)[C@@H](CCCCC)OCOC. The number of hydrogen-bond donors (Lipinski definition) is 0. The molecule has 0 aliphatic carbocycles. The maximum atomic E-state index is 5.68. The molecule has 0 aromatic heterocycles. The molecule has 2 atom stereocenters. The molecule has 0 amide bonds. The Morgan fingerprint density at radius 2 is 2.07 bits per heavy atom. The lowest BCUT2D eigenvalue weighted by atomic mass is 9.96. The Hall–Kier alpha value is -0.340. The Balaban J connectivity index is 3.86. The lowest BCUT2D eigenvalue weighted by molar-refractivity contribution is -0.0916. The minimum atomic E-state index is 0.314. The fraction of sp³-hybridized carbons (Fsp3) is 0.846. The monoisotopic (exact) mass is 214 g/mol. The van der Waals surface area contributed by atoms with E-state index in [1.165, 1.54) is 19.3 Å². The van der Waals surface area contributed by atoms with Crippen LogP contribution in [0, 0.1) is 5.92 Å². The van der Waals surface area contributed by atoms with E-state index in [4.69, 9.17) is 9.47 Å². The van der Waals surface area contributed by atoms with Crippen molar-refractivity contribution >= 4 is 0 Å². The van der Waals surface area contributed by atoms with E-state index in [1.54, 1.807) is 7.11 Å². The van der Waals surface area contributed by atoms with Crippen LogP contribution in [0.2, 0.25) is 0 Å². The molecule has 90 valence electrons. The first kappa shape index (κ1) is 14.7. The highest BCUT2D eigenvalue weighted by Crippen LogP contribution is 2.18. The highest BCUT2D eigenvalue weighted by Gasteiger charge is 2.16. The second kappa shape index (κ2) is 10.2. The minimum absolute atomic E-state index is 0.314. The molecule has 0 aliphatic rings. The summed E-state index contributed by atoms with van der Waals surface area (Å²) in [6, 6.07) is 0. The predicted octanol–water partition coefficient (Wildman–Crippen LogP) is 3.77. The maximum absolute atomic E-state index is 5.68. The minimum Gasteiger partial charge on any atom is -0.359 e. The van der Waals surface area contributed by atoms with Gasteiger partial charge in [-0.05, 0) is 18.8 Å². The van der Waals surface area contributed by atoms with Crippen LogP contribution in [0.5, 0.6) is 0 Å². The van der Waals surface area contributed by atoms with E-state index in [1.807, 2.05) is 6.08 Å². The van der Waals surface area contributed by atoms with Crippen molar-refractivity contribution in [2.75, 3.05) is 13.9 Å². The molecule has 2 heteroatoms. The molecule has 0 heterocycles. The smallest absolute Gasteiger partial charge is 0.146 e. The summed E-state index contributed by atoms with van der Waals surface area (Å²) in [6.45, 7) is 8.61. The molecule has 0 aromatic carbocycles. The van der Waals surface area contributed by atoms with Crippen molar-refractivity contribution in [2.45, 2.75) is 52.1 Å². The number of unbranched alkanes of at least 4 members (excludes halogenated alkanes) is 2. The Labute approximate surface area is 94.7 Å². The molecule has 0 aromatic rings. The van der Waals surface area contributed by atoms with Gasteiger partial charge >= 0.3 is 0 Å². The highest BCUT2D eigenvalue weighted by atomic mass is 16.7. The van der Waals surface area contributed by atoms with Crippen LogP contribution in [-0.4, -0.2) is 20.0 Å². The summed E-state index contributed by atoms with van der Waals surface area (Å²) in [5.41, 5.74) is 0. The van der Waals surface area contributed by atoms with Gasteiger partial charge in [0.2, 0.25) is 0 Å². The first-order valence-corrected chi connectivity index (χ1v) is 5.97. The summed E-state index contributed by atoms with van der Waals surface area (Å²) in [4.78, 5) is 0. The Morgan fingerprint density at radius 3 is 2.60 bits per heavy atom. The van der Waals surface area contributed by atoms with Gasteiger partial charge in [0, 0.05) is 7.11 Å². The van der Waals surface area contributed by atoms with Crippen LogP contribution < -0.4 is 0 Å². The molecule has 0 radical (unpaired) electrons. The molecular formula is C13H26O2. The van der Waals surface area contributed by atoms with E-state index in [9.17, 15) is 0 Å². The second-order valence-corrected chi connectivity index (χ2v) is 4.11. The summed E-state index contributed by atoms with van der Waals surface area (Å²) in [5.74, 6) is 0.537. The summed E-state index contributed by atoms with van der Waals surface area (Å²) in [7, 11) is 1.67. The quantitative estimate of drug-likeness (QED) is 0.313. The van der Waals surface area contributed by atoms with Crippen molar-refractivity contribution in [2.24, 2.45) is 5.92 Å². The average Bonchev–Trinajstić information content (AvgIpc) is 2.23. The van der Waals surface area contributed by atoms with Gasteiger partial charge in [-0.25, -0.2) is 0 Å². The van der Waals surface area contributed by atoms with Crippen LogP contribution in [0.15, 0.2) is 12.7 Å². The number of ether oxygens (including phenoxy) is 2. The van der Waals surface area contributed by atoms with Crippen molar-refractivity contribution in [1.82, 2.24) is 0 Å². The van der Waals surface area contributed by atoms with E-state index in [2.05, 4.69) is 20.4 Å². The van der Waals surface area contributed by atoms with Crippen LogP contribution in [0.3, 0.4) is 0 Å². The average molecular weight is 214 g/mol. The van der Waals surface area contributed by atoms with Crippen molar-refractivity contribution < 1.29 is 9.47 Å². The molecule has 0 saturated carbocycles. The Morgan fingerprint density at radius 1 is 1.33 bits per heavy atom. The van der Waals surface area contributed by atoms with Gasteiger partial charge < -0.3 is 9.47 Å². The van der Waals surface area contributed by atoms with Gasteiger partial charge in [-0.1, -0.05) is 39.2 Å². The van der Waals surface area contributed by atoms with E-state index in [-0.39, 0.29) is 0 Å². The van der Waals surface area contributed by atoms with E-state index in [0.29, 0.717) is 18.8 Å². The molecule has 0 saturated heterocycles. The van der Waals surface area contributed by atoms with Gasteiger partial charge in [0.25, 0.3) is 0 Å². The standard InChI is InChI=1S/C13H26O2/c1-5-7-8-10-13(15-11-14-4)12(3)9-6-2/h6,12-13H,2,5,7-11H2,1,3-4H3/t12-,13+/m0/s1. The van der Waals surface area contributed by atoms with Crippen LogP contribution >= 0.6 is 0 Å². The molecule has 0 aliphatic heterocycles. The van der Waals surface area contributed by atoms with Gasteiger partial charge in [-0.3, -0.25) is 0 Å². The van der Waals surface area contributed by atoms with Crippen molar-refractivity contribution in [3.05, 3.63) is 12.7 Å². The van der Waals surface area contributed by atoms with E-state index >= 15 is 0 Å². The molecule has 0 bridgehead atoms. The van der Waals surface area contributed by atoms with Crippen molar-refractivity contribution in [3.63, 3.8) is 0 Å². The van der Waals surface area contributed by atoms with Crippen LogP contribution in [0.1, 0.15) is 46.0 Å². The normalized spacial score (nSPS) is 14.9. The van der Waals surface area contributed by atoms with Crippen LogP contribution in [0.4, 0.5) is 0 Å². The lowest BCUT2D eigenvalue weighted by Crippen LogP contribution is -2.22. The number of methoxy groups -OCH3 is 1. The van der Waals surface area contributed by atoms with E-state index in [0.717, 1.165) is 12.8 Å². The Kier molecular flexibility index (Phi) is 9.96. The summed E-state index contributed by atoms with van der Waals surface area (Å²) < 4.78 is 10.6. The summed E-state index contributed by atoms with van der Waals surface area (Å²) in [5, 5.41) is 0. The van der Waals surface area contributed by atoms with Crippen molar-refractivity contribution in [3.8, 4) is 0 Å². The fourth-order valence-electron chi connectivity index (χ4n) is 1.70. The maximum Gasteiger partial charge on any atom is 0.146 e. The topological polar surface area (TPSA) is 18.5 Å². The third kappa shape index (κ3) is 7.57. The van der Waals surface area contributed by atoms with Crippen LogP contribution in [-0.2, 0) is 9.47 Å². The third-order valence-electron chi connectivity index (χ3n) is 2.67. The van der Waals surface area contributed by atoms with Crippen molar-refractivity contribution in [1.29, 1.82) is 0 Å². The first-order chi connectivity index (χ1) is 7.26. The highest BCUT2D eigenvalue weighted by molar-refractivity contribution is 4.76. The van der Waals surface area contributed by atoms with Crippen LogP contribution in [0.25, 0.3) is 0 Å². The third-order valence-corrected chi connectivity index (χ3v) is 2.67. The lowest BCUT2D eigenvalue weighted by Gasteiger charge is -2.23. The van der Waals surface area contributed by atoms with Gasteiger partial charge in [0.1, 0.15) is 6.79 Å². The van der Waals surface area contributed by atoms with Gasteiger partial charge in [-0.2, -0.15) is 0 Å². The number of rotatable bonds is 10. The van der Waals surface area contributed by atoms with Gasteiger partial charge in [0.05, 0.1) is 6.10 Å². The molecule has 0 fully saturated rings. The molecule has 15 heavy (non-hydrogen) atoms.